The zero-order chi connectivity index (χ0) is 52.0. The molecule has 0 spiro atoms. The number of pyridine rings is 1. The Labute approximate surface area is 404 Å². The van der Waals surface area contributed by atoms with Crippen molar-refractivity contribution in [3.05, 3.63) is 198 Å². The number of hydrogen-bond acceptors (Lipinski definition) is 2. The van der Waals surface area contributed by atoms with Gasteiger partial charge >= 0.3 is 0 Å². The lowest BCUT2D eigenvalue weighted by Gasteiger charge is -2.26. The monoisotopic (exact) mass is 883 g/mol. The smallest absolute Gasteiger partial charge is 0.269 e. The Bertz CT molecular complexity index is 3730. The van der Waals surface area contributed by atoms with E-state index in [0.29, 0.717) is 22.6 Å². The normalized spacial score (nSPS) is 14.1. The number of para-hydroxylation sites is 2. The Morgan fingerprint density at radius 3 is 2.01 bits per heavy atom. The minimum Gasteiger partial charge on any atom is -0.458 e. The molecular formula is C62H60N4O. The molecule has 7 aromatic carbocycles. The highest BCUT2D eigenvalue weighted by molar-refractivity contribution is 6.09. The molecule has 0 saturated carbocycles. The Kier molecular flexibility index (Phi) is 8.97. The van der Waals surface area contributed by atoms with E-state index in [0.717, 1.165) is 61.2 Å². The molecule has 0 aliphatic heterocycles. The first-order valence-corrected chi connectivity index (χ1v) is 23.0. The molecule has 0 saturated heterocycles. The molecule has 0 radical (unpaired) electrons. The number of ether oxygens (including phenoxy) is 1. The van der Waals surface area contributed by atoms with Crippen LogP contribution in [0.1, 0.15) is 98.4 Å². The summed E-state index contributed by atoms with van der Waals surface area (Å²) in [6.07, 6.45) is 5.65. The highest BCUT2D eigenvalue weighted by Gasteiger charge is 2.26. The van der Waals surface area contributed by atoms with Gasteiger partial charge in [0.1, 0.15) is 17.3 Å². The minimum atomic E-state index is -2.59. The number of aromatic nitrogens is 4. The van der Waals surface area contributed by atoms with Crippen molar-refractivity contribution in [1.29, 1.82) is 0 Å². The van der Waals surface area contributed by atoms with Crippen molar-refractivity contribution in [2.75, 3.05) is 0 Å². The standard InChI is InChI=1S/C62H60N4O/c1-40-18-14-19-41(2)58(40)43-28-31-54-56(35-43)64(39-65(54)59-49(25-17-26-52(59)62(9,10)11)42-20-15-21-44(34-42)60(3,4)5)46-22-16-23-47(37-46)67-48-29-30-51-50-24-12-13-27-53(50)66(55(51)38-48)57-36-45(32-33-63-57)61(6,7)8/h12-38H,1-11H3/i1D3,2D3. The molecule has 3 aromatic heterocycles. The highest BCUT2D eigenvalue weighted by atomic mass is 16.5. The molecule has 0 aliphatic rings. The molecule has 5 heteroatoms. The largest absolute Gasteiger partial charge is 0.458 e. The molecule has 334 valence electrons. The van der Waals surface area contributed by atoms with Crippen LogP contribution >= 0.6 is 0 Å². The predicted octanol–water partition coefficient (Wildman–Crippen LogP) is 15.8. The maximum Gasteiger partial charge on any atom is 0.269 e. The van der Waals surface area contributed by atoms with Gasteiger partial charge in [-0.15, -0.1) is 0 Å². The number of fused-ring (bicyclic) bond motifs is 4. The molecule has 5 nitrogen and oxygen atoms in total. The molecule has 0 unspecified atom stereocenters. The SMILES string of the molecule is [2H]C([2H])([2H])c1cccc(C([2H])([2H])[2H])c1-c1ccc2c(c1)n(-c1cccc(Oc3ccc4c5ccccc5n(-c5cc(C(C)(C)C)ccn5)c4c3)c1)[c-][n+]2-c1c(-c2cccc(C(C)(C)C)c2)cccc1C(C)(C)C. The van der Waals surface area contributed by atoms with Gasteiger partial charge in [-0.2, -0.15) is 0 Å². The first-order valence-electron chi connectivity index (χ1n) is 26.0. The van der Waals surface area contributed by atoms with Gasteiger partial charge in [-0.3, -0.25) is 13.7 Å². The van der Waals surface area contributed by atoms with Gasteiger partial charge in [-0.05, 0) is 135 Å². The second-order valence-corrected chi connectivity index (χ2v) is 20.8. The topological polar surface area (TPSA) is 35.9 Å². The van der Waals surface area contributed by atoms with Crippen LogP contribution in [0.4, 0.5) is 0 Å². The predicted molar refractivity (Wildman–Crippen MR) is 279 cm³/mol. The Morgan fingerprint density at radius 1 is 0.552 bits per heavy atom. The van der Waals surface area contributed by atoms with Gasteiger partial charge in [-0.1, -0.05) is 159 Å². The third-order valence-corrected chi connectivity index (χ3v) is 12.9. The van der Waals surface area contributed by atoms with Gasteiger partial charge in [0.25, 0.3) is 6.33 Å². The van der Waals surface area contributed by atoms with Gasteiger partial charge in [0.05, 0.1) is 33.4 Å². The van der Waals surface area contributed by atoms with E-state index in [-0.39, 0.29) is 32.9 Å². The Morgan fingerprint density at radius 2 is 1.25 bits per heavy atom. The maximum atomic E-state index is 8.55. The van der Waals surface area contributed by atoms with Gasteiger partial charge in [0.2, 0.25) is 0 Å². The number of hydrogen-bond donors (Lipinski definition) is 0. The van der Waals surface area contributed by atoms with Crippen LogP contribution in [0.25, 0.3) is 72.3 Å². The number of benzene rings is 7. The van der Waals surface area contributed by atoms with E-state index in [1.54, 1.807) is 0 Å². The zero-order valence-electron chi connectivity index (χ0n) is 45.8. The molecule has 0 N–H and O–H groups in total. The summed E-state index contributed by atoms with van der Waals surface area (Å²) in [7, 11) is 0. The summed E-state index contributed by atoms with van der Waals surface area (Å²) in [5.41, 5.74) is 10.8. The van der Waals surface area contributed by atoms with E-state index in [2.05, 4.69) is 169 Å². The fourth-order valence-corrected chi connectivity index (χ4v) is 9.35. The van der Waals surface area contributed by atoms with E-state index >= 15 is 0 Å². The minimum absolute atomic E-state index is 0.0291. The Hall–Kier alpha value is -7.24. The van der Waals surface area contributed by atoms with Crippen molar-refractivity contribution < 1.29 is 17.5 Å². The van der Waals surface area contributed by atoms with Crippen molar-refractivity contribution in [3.63, 3.8) is 0 Å². The van der Waals surface area contributed by atoms with Crippen LogP contribution in [-0.2, 0) is 16.2 Å². The fraction of sp³-hybridized carbons (Fsp3) is 0.226. The molecule has 0 aliphatic carbocycles. The lowest BCUT2D eigenvalue weighted by molar-refractivity contribution is -0.572. The van der Waals surface area contributed by atoms with Crippen molar-refractivity contribution in [1.82, 2.24) is 14.1 Å². The molecule has 0 fully saturated rings. The molecular weight excluding hydrogens is 817 g/mol. The lowest BCUT2D eigenvalue weighted by atomic mass is 9.82. The van der Waals surface area contributed by atoms with Gasteiger partial charge in [0, 0.05) is 31.3 Å². The molecule has 0 bridgehead atoms. The van der Waals surface area contributed by atoms with Crippen molar-refractivity contribution in [3.8, 4) is 50.9 Å². The van der Waals surface area contributed by atoms with E-state index < -0.39 is 13.7 Å². The summed E-state index contributed by atoms with van der Waals surface area (Å²) < 4.78 is 64.4. The summed E-state index contributed by atoms with van der Waals surface area (Å²) in [6.45, 7) is 14.7. The number of imidazole rings is 1. The maximum absolute atomic E-state index is 8.55. The zero-order valence-corrected chi connectivity index (χ0v) is 39.8. The van der Waals surface area contributed by atoms with E-state index in [1.807, 2.05) is 59.3 Å². The molecule has 10 aromatic rings. The van der Waals surface area contributed by atoms with Crippen molar-refractivity contribution >= 4 is 32.8 Å². The van der Waals surface area contributed by atoms with Crippen molar-refractivity contribution in [2.45, 2.75) is 92.3 Å². The fourth-order valence-electron chi connectivity index (χ4n) is 9.35. The second kappa shape index (κ2) is 16.3. The van der Waals surface area contributed by atoms with Crippen LogP contribution < -0.4 is 9.30 Å². The summed E-state index contributed by atoms with van der Waals surface area (Å²) in [5.74, 6) is 2.04. The van der Waals surface area contributed by atoms with Crippen LogP contribution in [0.15, 0.2) is 164 Å². The van der Waals surface area contributed by atoms with E-state index in [4.69, 9.17) is 17.9 Å². The first-order chi connectivity index (χ1) is 34.4. The van der Waals surface area contributed by atoms with Gasteiger partial charge in [-0.25, -0.2) is 4.98 Å². The van der Waals surface area contributed by atoms with Crippen LogP contribution in [0.2, 0.25) is 0 Å². The number of nitrogens with zero attached hydrogens (tertiary/aromatic N) is 4. The van der Waals surface area contributed by atoms with Crippen LogP contribution in [0.3, 0.4) is 0 Å². The highest BCUT2D eigenvalue weighted by Crippen LogP contribution is 2.39. The van der Waals surface area contributed by atoms with Crippen LogP contribution in [-0.4, -0.2) is 14.1 Å². The summed E-state index contributed by atoms with van der Waals surface area (Å²) >= 11 is 0. The van der Waals surface area contributed by atoms with Gasteiger partial charge in [0.15, 0.2) is 0 Å². The van der Waals surface area contributed by atoms with E-state index in [9.17, 15) is 0 Å². The molecule has 0 atom stereocenters. The van der Waals surface area contributed by atoms with Gasteiger partial charge < -0.3 is 4.74 Å². The molecule has 0 amide bonds. The summed E-state index contributed by atoms with van der Waals surface area (Å²) in [4.78, 5) is 4.87. The summed E-state index contributed by atoms with van der Waals surface area (Å²) in [5, 5.41) is 2.19. The van der Waals surface area contributed by atoms with Crippen LogP contribution in [0.5, 0.6) is 11.5 Å². The average Bonchev–Trinajstić information content (AvgIpc) is 3.88. The third kappa shape index (κ3) is 8.01. The van der Waals surface area contributed by atoms with E-state index in [1.165, 1.54) is 29.3 Å². The Balaban J connectivity index is 1.18. The average molecular weight is 883 g/mol. The lowest BCUT2D eigenvalue weighted by Crippen LogP contribution is -2.34. The number of rotatable bonds is 7. The number of aryl methyl sites for hydroxylation is 2. The second-order valence-electron chi connectivity index (χ2n) is 20.8. The third-order valence-electron chi connectivity index (χ3n) is 12.9. The molecule has 3 heterocycles. The molecule has 10 rings (SSSR count). The quantitative estimate of drug-likeness (QED) is 0.118. The van der Waals surface area contributed by atoms with Crippen molar-refractivity contribution in [2.24, 2.45) is 0 Å². The first kappa shape index (κ1) is 36.9. The summed E-state index contributed by atoms with van der Waals surface area (Å²) in [6, 6.07) is 51.9. The van der Waals surface area contributed by atoms with Crippen LogP contribution in [0, 0.1) is 20.0 Å². The molecule has 67 heavy (non-hydrogen) atoms.